The molecule has 0 N–H and O–H groups in total. The quantitative estimate of drug-likeness (QED) is 0.454. The first-order valence-corrected chi connectivity index (χ1v) is 4.51. The van der Waals surface area contributed by atoms with Crippen molar-refractivity contribution in [1.82, 2.24) is 0 Å². The summed E-state index contributed by atoms with van der Waals surface area (Å²) in [4.78, 5) is 0. The smallest absolute Gasteiger partial charge is 0.317 e. The highest BCUT2D eigenvalue weighted by Crippen LogP contribution is 2.48. The van der Waals surface area contributed by atoms with Gasteiger partial charge in [0.25, 0.3) is 0 Å². The van der Waals surface area contributed by atoms with Crippen molar-refractivity contribution >= 4 is 35.3 Å². The summed E-state index contributed by atoms with van der Waals surface area (Å²) in [6.45, 7) is -2.99. The molecule has 1 unspecified atom stereocenters. The van der Waals surface area contributed by atoms with Crippen LogP contribution in [0, 0.1) is 0 Å². The molecule has 5 heteroatoms. The Morgan fingerprint density at radius 2 is 2.43 bits per heavy atom. The van der Waals surface area contributed by atoms with Gasteiger partial charge in [-0.15, -0.1) is 0 Å². The van der Waals surface area contributed by atoms with Crippen molar-refractivity contribution in [1.29, 1.82) is 0 Å². The standard InChI is InChI=1S/C2H4ClO2PS/c1-5-6(3,4)2-7/h2H,1H3. The van der Waals surface area contributed by atoms with E-state index in [9.17, 15) is 4.57 Å². The fourth-order valence-corrected chi connectivity index (χ4v) is 0.387. The molecule has 0 aromatic rings. The molecule has 0 aromatic heterocycles. The average molecular weight is 159 g/mol. The van der Waals surface area contributed by atoms with Gasteiger partial charge in [0.15, 0.2) is 0 Å². The summed E-state index contributed by atoms with van der Waals surface area (Å²) in [6, 6.07) is 0. The molecule has 0 spiro atoms. The Bertz CT molecular complexity index is 114. The monoisotopic (exact) mass is 158 g/mol. The minimum Gasteiger partial charge on any atom is -0.317 e. The fraction of sp³-hybridized carbons (Fsp3) is 0.500. The van der Waals surface area contributed by atoms with Crippen LogP contribution in [0.5, 0.6) is 0 Å². The van der Waals surface area contributed by atoms with Gasteiger partial charge in [0, 0.05) is 7.11 Å². The lowest BCUT2D eigenvalue weighted by Gasteiger charge is -1.95. The van der Waals surface area contributed by atoms with Gasteiger partial charge < -0.3 is 4.52 Å². The maximum atomic E-state index is 10.3. The third-order valence-electron chi connectivity index (χ3n) is 0.375. The van der Waals surface area contributed by atoms with E-state index in [1.165, 1.54) is 7.11 Å². The number of halogens is 1. The van der Waals surface area contributed by atoms with E-state index in [-0.39, 0.29) is 0 Å². The molecule has 0 saturated heterocycles. The number of hydrogen-bond donors (Lipinski definition) is 0. The van der Waals surface area contributed by atoms with Crippen LogP contribution in [0.2, 0.25) is 0 Å². The lowest BCUT2D eigenvalue weighted by molar-refractivity contribution is 0.420. The molecule has 7 heavy (non-hydrogen) atoms. The first-order chi connectivity index (χ1) is 3.12. The van der Waals surface area contributed by atoms with Crippen molar-refractivity contribution in [2.24, 2.45) is 0 Å². The first-order valence-electron chi connectivity index (χ1n) is 1.44. The summed E-state index contributed by atoms with van der Waals surface area (Å²) in [6.07, 6.45) is 0. The Hall–Kier alpha value is 0.570. The highest BCUT2D eigenvalue weighted by atomic mass is 35.7. The van der Waals surface area contributed by atoms with Gasteiger partial charge in [0.1, 0.15) is 0 Å². The topological polar surface area (TPSA) is 26.3 Å². The maximum absolute atomic E-state index is 10.3. The van der Waals surface area contributed by atoms with Crippen LogP contribution in [0.3, 0.4) is 0 Å². The van der Waals surface area contributed by atoms with Gasteiger partial charge in [-0.05, 0) is 11.2 Å². The number of rotatable bonds is 2. The molecule has 0 heterocycles. The molecule has 0 aliphatic rings. The summed E-state index contributed by atoms with van der Waals surface area (Å²) in [5.41, 5.74) is 0. The summed E-state index contributed by atoms with van der Waals surface area (Å²) in [5.74, 6) is 0. The number of thiocarbonyl (C=S) groups is 1. The van der Waals surface area contributed by atoms with Gasteiger partial charge in [-0.3, -0.25) is 4.57 Å². The zero-order valence-corrected chi connectivity index (χ0v) is 6.09. The lowest BCUT2D eigenvalue weighted by atomic mass is 11.8. The highest BCUT2D eigenvalue weighted by Gasteiger charge is 2.09. The SMILES string of the molecule is COP(=O)(Cl)C=S. The molecule has 0 saturated carbocycles. The minimum atomic E-state index is -2.99. The van der Waals surface area contributed by atoms with Crippen LogP contribution < -0.4 is 0 Å². The van der Waals surface area contributed by atoms with Gasteiger partial charge in [0.05, 0.1) is 5.11 Å². The molecule has 0 aliphatic carbocycles. The Labute approximate surface area is 52.0 Å². The van der Waals surface area contributed by atoms with Crippen LogP contribution in [0.15, 0.2) is 0 Å². The van der Waals surface area contributed by atoms with Gasteiger partial charge in [-0.25, -0.2) is 0 Å². The normalized spacial score (nSPS) is 18.0. The van der Waals surface area contributed by atoms with Gasteiger partial charge in [-0.2, -0.15) is 0 Å². The molecule has 0 fully saturated rings. The van der Waals surface area contributed by atoms with Crippen molar-refractivity contribution in [2.75, 3.05) is 7.11 Å². The third-order valence-corrected chi connectivity index (χ3v) is 3.01. The molecule has 0 aliphatic heterocycles. The second kappa shape index (κ2) is 2.78. The van der Waals surface area contributed by atoms with E-state index >= 15 is 0 Å². The molecule has 42 valence electrons. The molecular weight excluding hydrogens is 155 g/mol. The molecular formula is C2H4ClO2PS. The molecule has 0 rings (SSSR count). The van der Waals surface area contributed by atoms with Gasteiger partial charge >= 0.3 is 6.72 Å². The summed E-state index contributed by atoms with van der Waals surface area (Å²) >= 11 is 9.32. The Kier molecular flexibility index (Phi) is 3.00. The maximum Gasteiger partial charge on any atom is 0.323 e. The molecule has 0 bridgehead atoms. The molecule has 0 radical (unpaired) electrons. The lowest BCUT2D eigenvalue weighted by Crippen LogP contribution is -1.71. The Morgan fingerprint density at radius 1 is 2.00 bits per heavy atom. The van der Waals surface area contributed by atoms with E-state index in [0.29, 0.717) is 0 Å². The fourth-order valence-electron chi connectivity index (χ4n) is 0.0430. The average Bonchev–Trinajstić information content (AvgIpc) is 1.68. The van der Waals surface area contributed by atoms with E-state index in [2.05, 4.69) is 16.7 Å². The van der Waals surface area contributed by atoms with Crippen molar-refractivity contribution in [3.63, 3.8) is 0 Å². The zero-order valence-electron chi connectivity index (χ0n) is 3.63. The molecule has 1 atom stereocenters. The van der Waals surface area contributed by atoms with Crippen LogP contribution in [-0.4, -0.2) is 12.2 Å². The van der Waals surface area contributed by atoms with Crippen molar-refractivity contribution in [3.05, 3.63) is 0 Å². The van der Waals surface area contributed by atoms with Crippen LogP contribution in [0.1, 0.15) is 0 Å². The summed E-state index contributed by atoms with van der Waals surface area (Å²) in [7, 11) is 1.25. The van der Waals surface area contributed by atoms with Gasteiger partial charge in [0.2, 0.25) is 0 Å². The van der Waals surface area contributed by atoms with E-state index in [1.807, 2.05) is 0 Å². The largest absolute Gasteiger partial charge is 0.323 e. The minimum absolute atomic E-state index is 0.925. The second-order valence-electron chi connectivity index (χ2n) is 0.809. The highest BCUT2D eigenvalue weighted by molar-refractivity contribution is 8.08. The van der Waals surface area contributed by atoms with E-state index in [1.54, 1.807) is 0 Å². The van der Waals surface area contributed by atoms with Crippen molar-refractivity contribution < 1.29 is 9.09 Å². The Morgan fingerprint density at radius 3 is 2.43 bits per heavy atom. The van der Waals surface area contributed by atoms with E-state index in [4.69, 9.17) is 11.2 Å². The predicted molar refractivity (Wildman–Crippen MR) is 34.1 cm³/mol. The predicted octanol–water partition coefficient (Wildman–Crippen LogP) is 2.02. The summed E-state index contributed by atoms with van der Waals surface area (Å²) in [5, 5.41) is 0.925. The second-order valence-corrected chi connectivity index (χ2v) is 4.47. The zero-order chi connectivity index (χ0) is 5.91. The summed E-state index contributed by atoms with van der Waals surface area (Å²) < 4.78 is 14.6. The van der Waals surface area contributed by atoms with Crippen LogP contribution in [0.25, 0.3) is 0 Å². The molecule has 2 nitrogen and oxygen atoms in total. The van der Waals surface area contributed by atoms with Gasteiger partial charge in [-0.1, -0.05) is 12.2 Å². The van der Waals surface area contributed by atoms with Crippen LogP contribution in [-0.2, 0) is 9.09 Å². The van der Waals surface area contributed by atoms with Crippen molar-refractivity contribution in [2.45, 2.75) is 0 Å². The van der Waals surface area contributed by atoms with Crippen LogP contribution >= 0.6 is 30.2 Å². The van der Waals surface area contributed by atoms with E-state index < -0.39 is 6.72 Å². The number of hydrogen-bond acceptors (Lipinski definition) is 3. The van der Waals surface area contributed by atoms with Crippen molar-refractivity contribution in [3.8, 4) is 0 Å². The van der Waals surface area contributed by atoms with Crippen LogP contribution in [0.4, 0.5) is 0 Å². The third kappa shape index (κ3) is 3.18. The molecule has 0 amide bonds. The first kappa shape index (κ1) is 7.57. The van der Waals surface area contributed by atoms with E-state index in [0.717, 1.165) is 5.11 Å². The molecule has 0 aromatic carbocycles. The Balaban J connectivity index is 3.85.